The molecule has 0 radical (unpaired) electrons. The Kier molecular flexibility index (Phi) is 7.63. The molecule has 1 aromatic carbocycles. The van der Waals surface area contributed by atoms with Crippen LogP contribution in [0.15, 0.2) is 30.4 Å². The van der Waals surface area contributed by atoms with E-state index >= 15 is 0 Å². The first-order valence-electron chi connectivity index (χ1n) is 7.36. The summed E-state index contributed by atoms with van der Waals surface area (Å²) in [5.41, 5.74) is 0.420. The monoisotopic (exact) mass is 454 g/mol. The maximum absolute atomic E-state index is 13.2. The van der Waals surface area contributed by atoms with Crippen molar-refractivity contribution in [2.45, 2.75) is 31.1 Å². The highest BCUT2D eigenvalue weighted by molar-refractivity contribution is 6.30. The minimum absolute atomic E-state index is 0.0258. The largest absolute Gasteiger partial charge is 0.456 e. The lowest BCUT2D eigenvalue weighted by molar-refractivity contribution is -0.344. The van der Waals surface area contributed by atoms with Crippen LogP contribution in [0.4, 0.5) is 35.1 Å². The molecule has 1 rings (SSSR count). The van der Waals surface area contributed by atoms with E-state index in [2.05, 4.69) is 4.74 Å². The first-order valence-corrected chi connectivity index (χ1v) is 7.74. The summed E-state index contributed by atoms with van der Waals surface area (Å²) in [7, 11) is 0. The fourth-order valence-electron chi connectivity index (χ4n) is 1.69. The van der Waals surface area contributed by atoms with Gasteiger partial charge in [0.15, 0.2) is 6.61 Å². The van der Waals surface area contributed by atoms with Crippen LogP contribution in [0.1, 0.15) is 5.56 Å². The van der Waals surface area contributed by atoms with Gasteiger partial charge in [-0.15, -0.1) is 0 Å². The van der Waals surface area contributed by atoms with Gasteiger partial charge in [-0.05, 0) is 30.7 Å². The fourth-order valence-corrected chi connectivity index (χ4v) is 1.91. The van der Waals surface area contributed by atoms with Gasteiger partial charge >= 0.3 is 36.1 Å². The van der Waals surface area contributed by atoms with Gasteiger partial charge in [0.2, 0.25) is 0 Å². The standard InChI is InChI=1S/C16H11ClF8O4/c1-8-6-9(17)2-3-10(8)29-12(27)5-4-11(26)28-7-14(20,21)16(24,25)15(22,23)13(18)19/h2-6,13H,7H2,1H3/b5-4+. The van der Waals surface area contributed by atoms with E-state index in [1.54, 1.807) is 0 Å². The van der Waals surface area contributed by atoms with E-state index in [-0.39, 0.29) is 11.8 Å². The average molecular weight is 455 g/mol. The summed E-state index contributed by atoms with van der Waals surface area (Å²) in [5.74, 6) is -21.7. The van der Waals surface area contributed by atoms with Crippen molar-refractivity contribution in [2.24, 2.45) is 0 Å². The van der Waals surface area contributed by atoms with Crippen LogP contribution in [0.5, 0.6) is 5.75 Å². The second kappa shape index (κ2) is 8.97. The van der Waals surface area contributed by atoms with Crippen molar-refractivity contribution in [1.82, 2.24) is 0 Å². The number of aryl methyl sites for hydroxylation is 1. The Morgan fingerprint density at radius 3 is 2.14 bits per heavy atom. The van der Waals surface area contributed by atoms with Crippen molar-refractivity contribution in [3.8, 4) is 5.75 Å². The predicted octanol–water partition coefficient (Wildman–Crippen LogP) is 4.82. The summed E-state index contributed by atoms with van der Waals surface area (Å²) in [4.78, 5) is 22.7. The van der Waals surface area contributed by atoms with Crippen LogP contribution >= 0.6 is 11.6 Å². The SMILES string of the molecule is Cc1cc(Cl)ccc1OC(=O)/C=C/C(=O)OCC(F)(F)C(F)(F)C(F)(F)C(F)F. The van der Waals surface area contributed by atoms with Gasteiger partial charge in [0, 0.05) is 17.2 Å². The van der Waals surface area contributed by atoms with Crippen LogP contribution < -0.4 is 4.74 Å². The molecule has 0 fully saturated rings. The molecule has 29 heavy (non-hydrogen) atoms. The molecule has 0 amide bonds. The fraction of sp³-hybridized carbons (Fsp3) is 0.375. The Balaban J connectivity index is 2.71. The van der Waals surface area contributed by atoms with E-state index in [0.717, 1.165) is 0 Å². The second-order valence-electron chi connectivity index (χ2n) is 5.47. The van der Waals surface area contributed by atoms with Crippen molar-refractivity contribution >= 4 is 23.5 Å². The Morgan fingerprint density at radius 1 is 1.07 bits per heavy atom. The molecule has 4 nitrogen and oxygen atoms in total. The van der Waals surface area contributed by atoms with E-state index < -0.39 is 42.7 Å². The van der Waals surface area contributed by atoms with Crippen LogP contribution in [-0.4, -0.2) is 42.7 Å². The summed E-state index contributed by atoms with van der Waals surface area (Å²) in [6.07, 6.45) is -4.53. The molecule has 0 unspecified atom stereocenters. The molecule has 0 aliphatic carbocycles. The third-order valence-electron chi connectivity index (χ3n) is 3.25. The molecule has 0 aromatic heterocycles. The van der Waals surface area contributed by atoms with Gasteiger partial charge in [-0.3, -0.25) is 0 Å². The topological polar surface area (TPSA) is 52.6 Å². The van der Waals surface area contributed by atoms with Gasteiger partial charge in [-0.25, -0.2) is 18.4 Å². The number of ether oxygens (including phenoxy) is 2. The van der Waals surface area contributed by atoms with Crippen molar-refractivity contribution < 1.29 is 54.2 Å². The minimum Gasteiger partial charge on any atom is -0.456 e. The second-order valence-corrected chi connectivity index (χ2v) is 5.91. The molecule has 0 aliphatic rings. The van der Waals surface area contributed by atoms with Crippen LogP contribution in [-0.2, 0) is 14.3 Å². The highest BCUT2D eigenvalue weighted by Crippen LogP contribution is 2.48. The smallest absolute Gasteiger partial charge is 0.381 e. The van der Waals surface area contributed by atoms with Gasteiger partial charge in [-0.1, -0.05) is 11.6 Å². The van der Waals surface area contributed by atoms with E-state index in [4.69, 9.17) is 16.3 Å². The Labute approximate surface area is 163 Å². The highest BCUT2D eigenvalue weighted by atomic mass is 35.5. The molecular weight excluding hydrogens is 444 g/mol. The zero-order valence-electron chi connectivity index (χ0n) is 14.2. The Hall–Kier alpha value is -2.37. The first kappa shape index (κ1) is 24.7. The van der Waals surface area contributed by atoms with Gasteiger partial charge < -0.3 is 9.47 Å². The number of halogens is 9. The molecule has 162 valence electrons. The molecule has 13 heteroatoms. The summed E-state index contributed by atoms with van der Waals surface area (Å²) in [5, 5.41) is 0.330. The molecule has 0 saturated carbocycles. The number of hydrogen-bond donors (Lipinski definition) is 0. The molecular formula is C16H11ClF8O4. The zero-order valence-corrected chi connectivity index (χ0v) is 15.0. The lowest BCUT2D eigenvalue weighted by atomic mass is 10.1. The average Bonchev–Trinajstić information content (AvgIpc) is 2.60. The Bertz CT molecular complexity index is 795. The van der Waals surface area contributed by atoms with Gasteiger partial charge in [0.25, 0.3) is 0 Å². The number of carbonyl (C=O) groups is 2. The zero-order chi connectivity index (χ0) is 22.6. The van der Waals surface area contributed by atoms with E-state index in [1.807, 2.05) is 0 Å². The quantitative estimate of drug-likeness (QED) is 0.244. The number of rotatable bonds is 8. The molecule has 0 bridgehead atoms. The molecule has 0 N–H and O–H groups in total. The lowest BCUT2D eigenvalue weighted by Crippen LogP contribution is -2.59. The molecule has 0 aliphatic heterocycles. The number of benzene rings is 1. The van der Waals surface area contributed by atoms with Gasteiger partial charge in [0.1, 0.15) is 5.75 Å². The summed E-state index contributed by atoms with van der Waals surface area (Å²) >= 11 is 5.69. The molecule has 0 spiro atoms. The first-order chi connectivity index (χ1) is 13.1. The van der Waals surface area contributed by atoms with Crippen LogP contribution in [0, 0.1) is 6.92 Å². The minimum atomic E-state index is -6.51. The van der Waals surface area contributed by atoms with Crippen molar-refractivity contribution in [1.29, 1.82) is 0 Å². The Morgan fingerprint density at radius 2 is 1.62 bits per heavy atom. The number of alkyl halides is 8. The van der Waals surface area contributed by atoms with Crippen molar-refractivity contribution in [2.75, 3.05) is 6.61 Å². The molecule has 0 atom stereocenters. The third-order valence-corrected chi connectivity index (χ3v) is 3.49. The highest BCUT2D eigenvalue weighted by Gasteiger charge is 2.75. The van der Waals surface area contributed by atoms with Gasteiger partial charge in [0.05, 0.1) is 0 Å². The van der Waals surface area contributed by atoms with Crippen molar-refractivity contribution in [3.63, 3.8) is 0 Å². The van der Waals surface area contributed by atoms with E-state index in [1.165, 1.54) is 25.1 Å². The van der Waals surface area contributed by atoms with E-state index in [0.29, 0.717) is 16.7 Å². The molecule has 1 aromatic rings. The van der Waals surface area contributed by atoms with Crippen LogP contribution in [0.25, 0.3) is 0 Å². The van der Waals surface area contributed by atoms with Crippen molar-refractivity contribution in [3.05, 3.63) is 40.9 Å². The summed E-state index contributed by atoms with van der Waals surface area (Å²) < 4.78 is 110. The number of hydrogen-bond acceptors (Lipinski definition) is 4. The maximum Gasteiger partial charge on any atom is 0.381 e. The molecule has 0 heterocycles. The summed E-state index contributed by atoms with van der Waals surface area (Å²) in [6.45, 7) is -1.12. The van der Waals surface area contributed by atoms with Crippen LogP contribution in [0.2, 0.25) is 5.02 Å². The molecule has 0 saturated heterocycles. The maximum atomic E-state index is 13.2. The van der Waals surface area contributed by atoms with E-state index in [9.17, 15) is 44.7 Å². The lowest BCUT2D eigenvalue weighted by Gasteiger charge is -2.31. The van der Waals surface area contributed by atoms with Crippen LogP contribution in [0.3, 0.4) is 0 Å². The number of carbonyl (C=O) groups excluding carboxylic acids is 2. The predicted molar refractivity (Wildman–Crippen MR) is 82.8 cm³/mol. The normalized spacial score (nSPS) is 13.1. The summed E-state index contributed by atoms with van der Waals surface area (Å²) in [6, 6.07) is 4.10. The van der Waals surface area contributed by atoms with Gasteiger partial charge in [-0.2, -0.15) is 26.3 Å². The number of esters is 2. The third kappa shape index (κ3) is 5.81.